The molecule has 1 N–H and O–H groups in total. The van der Waals surface area contributed by atoms with Crippen molar-refractivity contribution in [1.29, 1.82) is 0 Å². The second-order valence-electron chi connectivity index (χ2n) is 9.95. The summed E-state index contributed by atoms with van der Waals surface area (Å²) in [6, 6.07) is 3.50. The van der Waals surface area contributed by atoms with Crippen molar-refractivity contribution >= 4 is 29.4 Å². The van der Waals surface area contributed by atoms with Crippen LogP contribution < -0.4 is 10.2 Å². The van der Waals surface area contributed by atoms with Gasteiger partial charge in [0.05, 0.1) is 17.4 Å². The number of imide groups is 1. The van der Waals surface area contributed by atoms with Gasteiger partial charge < -0.3 is 15.1 Å². The van der Waals surface area contributed by atoms with Crippen LogP contribution in [0.15, 0.2) is 18.3 Å². The first kappa shape index (κ1) is 19.7. The molecule has 32 heavy (non-hydrogen) atoms. The summed E-state index contributed by atoms with van der Waals surface area (Å²) in [6.07, 6.45) is 5.81. The lowest BCUT2D eigenvalue weighted by Crippen LogP contribution is -2.67. The predicted octanol–water partition coefficient (Wildman–Crippen LogP) is 0.611. The highest BCUT2D eigenvalue weighted by molar-refractivity contribution is 6.08. The molecule has 1 spiro atoms. The minimum atomic E-state index is -0.593. The number of nitrogens with zero attached hydrogens (tertiary/aromatic N) is 4. The van der Waals surface area contributed by atoms with E-state index in [9.17, 15) is 19.2 Å². The SMILES string of the molecule is CN1c2ncccc2C(=O)NC12CCN(C(=O)CN1C(=O)C3C4CCC(C4)C3C1=O)CC2. The van der Waals surface area contributed by atoms with Crippen LogP contribution in [0.2, 0.25) is 0 Å². The molecule has 4 unspecified atom stereocenters. The number of piperidine rings is 1. The zero-order valence-corrected chi connectivity index (χ0v) is 18.1. The van der Waals surface area contributed by atoms with Crippen molar-refractivity contribution in [1.82, 2.24) is 20.1 Å². The van der Waals surface area contributed by atoms with E-state index in [1.165, 1.54) is 4.90 Å². The van der Waals surface area contributed by atoms with Gasteiger partial charge in [-0.15, -0.1) is 0 Å². The lowest BCUT2D eigenvalue weighted by atomic mass is 9.81. The first-order chi connectivity index (χ1) is 15.4. The van der Waals surface area contributed by atoms with Crippen molar-refractivity contribution in [2.45, 2.75) is 37.8 Å². The maximum atomic E-state index is 13.0. The summed E-state index contributed by atoms with van der Waals surface area (Å²) in [5, 5.41) is 3.12. The number of pyridine rings is 1. The smallest absolute Gasteiger partial charge is 0.256 e. The first-order valence-electron chi connectivity index (χ1n) is 11.5. The molecule has 2 bridgehead atoms. The van der Waals surface area contributed by atoms with E-state index in [1.54, 1.807) is 23.2 Å². The van der Waals surface area contributed by atoms with E-state index in [-0.39, 0.29) is 42.0 Å². The molecular weight excluding hydrogens is 410 g/mol. The number of nitrogens with one attached hydrogen (secondary N) is 1. The molecule has 6 rings (SSSR count). The van der Waals surface area contributed by atoms with Crippen LogP contribution >= 0.6 is 0 Å². The molecular formula is C23H27N5O4. The number of aromatic nitrogens is 1. The van der Waals surface area contributed by atoms with Gasteiger partial charge in [0, 0.05) is 39.2 Å². The Morgan fingerprint density at radius 3 is 2.44 bits per heavy atom. The Labute approximate surface area is 186 Å². The minimum absolute atomic E-state index is 0.143. The molecule has 5 aliphatic rings. The van der Waals surface area contributed by atoms with E-state index >= 15 is 0 Å². The molecule has 1 aromatic heterocycles. The monoisotopic (exact) mass is 437 g/mol. The fourth-order valence-corrected chi connectivity index (χ4v) is 6.85. The molecule has 1 aromatic rings. The van der Waals surface area contributed by atoms with Crippen molar-refractivity contribution in [2.75, 3.05) is 31.6 Å². The zero-order valence-electron chi connectivity index (χ0n) is 18.1. The van der Waals surface area contributed by atoms with Crippen LogP contribution in [-0.2, 0) is 14.4 Å². The van der Waals surface area contributed by atoms with Crippen LogP contribution in [0.1, 0.15) is 42.5 Å². The third kappa shape index (κ3) is 2.59. The number of carbonyl (C=O) groups is 4. The highest BCUT2D eigenvalue weighted by Gasteiger charge is 2.61. The van der Waals surface area contributed by atoms with Crippen molar-refractivity contribution < 1.29 is 19.2 Å². The molecule has 2 aliphatic carbocycles. The lowest BCUT2D eigenvalue weighted by Gasteiger charge is -2.50. The number of likely N-dealkylation sites (tertiary alicyclic amines) is 2. The standard InChI is InChI=1S/C23H27N5O4/c1-26-19-15(3-2-8-24-19)20(30)25-23(26)6-9-27(10-7-23)16(29)12-28-21(31)17-13-4-5-14(11-13)18(17)22(28)32/h2-3,8,13-14,17-18H,4-7,9-12H2,1H3,(H,25,30). The Bertz CT molecular complexity index is 1000. The van der Waals surface area contributed by atoms with Gasteiger partial charge in [-0.1, -0.05) is 0 Å². The number of fused-ring (bicyclic) bond motifs is 6. The third-order valence-electron chi connectivity index (χ3n) is 8.59. The molecule has 168 valence electrons. The van der Waals surface area contributed by atoms with E-state index in [0.717, 1.165) is 19.3 Å². The third-order valence-corrected chi connectivity index (χ3v) is 8.59. The van der Waals surface area contributed by atoms with Gasteiger partial charge in [-0.25, -0.2) is 4.98 Å². The zero-order chi connectivity index (χ0) is 22.2. The van der Waals surface area contributed by atoms with Gasteiger partial charge in [0.2, 0.25) is 17.7 Å². The maximum absolute atomic E-state index is 13.0. The maximum Gasteiger partial charge on any atom is 0.256 e. The summed E-state index contributed by atoms with van der Waals surface area (Å²) in [6.45, 7) is 0.726. The molecule has 9 heteroatoms. The average Bonchev–Trinajstić information content (AvgIpc) is 3.48. The van der Waals surface area contributed by atoms with Crippen LogP contribution in [0.5, 0.6) is 0 Å². The fourth-order valence-electron chi connectivity index (χ4n) is 6.85. The second-order valence-corrected chi connectivity index (χ2v) is 9.95. The number of amides is 4. The Balaban J connectivity index is 1.13. The molecule has 2 saturated heterocycles. The summed E-state index contributed by atoms with van der Waals surface area (Å²) in [5.74, 6) is 0.251. The number of carbonyl (C=O) groups excluding carboxylic acids is 4. The summed E-state index contributed by atoms with van der Waals surface area (Å²) in [5.41, 5.74) is -0.0465. The van der Waals surface area contributed by atoms with Gasteiger partial charge in [0.15, 0.2) is 0 Å². The van der Waals surface area contributed by atoms with E-state index in [2.05, 4.69) is 10.3 Å². The molecule has 9 nitrogen and oxygen atoms in total. The molecule has 3 aliphatic heterocycles. The summed E-state index contributed by atoms with van der Waals surface area (Å²) < 4.78 is 0. The summed E-state index contributed by atoms with van der Waals surface area (Å²) >= 11 is 0. The lowest BCUT2D eigenvalue weighted by molar-refractivity contribution is -0.147. The molecule has 0 radical (unpaired) electrons. The van der Waals surface area contributed by atoms with Crippen molar-refractivity contribution in [3.05, 3.63) is 23.9 Å². The number of hydrogen-bond donors (Lipinski definition) is 1. The molecule has 4 atom stereocenters. The second kappa shape index (κ2) is 6.76. The van der Waals surface area contributed by atoms with Gasteiger partial charge in [-0.2, -0.15) is 0 Å². The van der Waals surface area contributed by atoms with Crippen LogP contribution in [0.25, 0.3) is 0 Å². The normalized spacial score (nSPS) is 32.4. The van der Waals surface area contributed by atoms with Gasteiger partial charge in [0.1, 0.15) is 18.0 Å². The first-order valence-corrected chi connectivity index (χ1v) is 11.5. The number of hydrogen-bond acceptors (Lipinski definition) is 6. The van der Waals surface area contributed by atoms with Crippen LogP contribution in [0, 0.1) is 23.7 Å². The molecule has 0 aromatic carbocycles. The largest absolute Gasteiger partial charge is 0.341 e. The number of rotatable bonds is 2. The van der Waals surface area contributed by atoms with Crippen molar-refractivity contribution in [3.8, 4) is 0 Å². The highest BCUT2D eigenvalue weighted by atomic mass is 16.2. The highest BCUT2D eigenvalue weighted by Crippen LogP contribution is 2.56. The van der Waals surface area contributed by atoms with Crippen molar-refractivity contribution in [3.63, 3.8) is 0 Å². The minimum Gasteiger partial charge on any atom is -0.341 e. The summed E-state index contributed by atoms with van der Waals surface area (Å²) in [7, 11) is 1.91. The number of anilines is 1. The molecule has 4 fully saturated rings. The molecule has 4 amide bonds. The van der Waals surface area contributed by atoms with Gasteiger partial charge in [-0.05, 0) is 43.2 Å². The fraction of sp³-hybridized carbons (Fsp3) is 0.609. The van der Waals surface area contributed by atoms with E-state index in [1.807, 2.05) is 11.9 Å². The quantitative estimate of drug-likeness (QED) is 0.680. The average molecular weight is 438 g/mol. The van der Waals surface area contributed by atoms with Gasteiger partial charge in [-0.3, -0.25) is 24.1 Å². The molecule has 4 heterocycles. The Hall–Kier alpha value is -2.97. The van der Waals surface area contributed by atoms with E-state index < -0.39 is 5.66 Å². The molecule has 2 saturated carbocycles. The van der Waals surface area contributed by atoms with Crippen LogP contribution in [0.3, 0.4) is 0 Å². The van der Waals surface area contributed by atoms with E-state index in [4.69, 9.17) is 0 Å². The van der Waals surface area contributed by atoms with Crippen LogP contribution in [0.4, 0.5) is 5.82 Å². The Kier molecular flexibility index (Phi) is 4.16. The Morgan fingerprint density at radius 2 is 1.78 bits per heavy atom. The van der Waals surface area contributed by atoms with Crippen molar-refractivity contribution in [2.24, 2.45) is 23.7 Å². The van der Waals surface area contributed by atoms with Gasteiger partial charge >= 0.3 is 0 Å². The Morgan fingerprint density at radius 1 is 1.12 bits per heavy atom. The van der Waals surface area contributed by atoms with E-state index in [0.29, 0.717) is 49.1 Å². The topological polar surface area (TPSA) is 103 Å². The van der Waals surface area contributed by atoms with Gasteiger partial charge in [0.25, 0.3) is 5.91 Å². The van der Waals surface area contributed by atoms with Crippen LogP contribution in [-0.4, -0.2) is 70.8 Å². The predicted molar refractivity (Wildman–Crippen MR) is 113 cm³/mol. The summed E-state index contributed by atoms with van der Waals surface area (Å²) in [4.78, 5) is 60.8.